The van der Waals surface area contributed by atoms with Gasteiger partial charge in [-0.15, -0.1) is 0 Å². The van der Waals surface area contributed by atoms with Crippen molar-refractivity contribution in [2.45, 2.75) is 45.7 Å². The molecule has 1 N–H and O–H groups in total. The quantitative estimate of drug-likeness (QED) is 0.702. The van der Waals surface area contributed by atoms with Gasteiger partial charge >= 0.3 is 5.97 Å². The first-order chi connectivity index (χ1) is 9.07. The molecule has 1 heterocycles. The molecule has 1 fully saturated rings. The SMILES string of the molecule is CCNC(C)(CN1CCOCC1CC)C(=O)OCC. The smallest absolute Gasteiger partial charge is 0.327 e. The highest BCUT2D eigenvalue weighted by Gasteiger charge is 2.38. The van der Waals surface area contributed by atoms with Crippen molar-refractivity contribution in [3.63, 3.8) is 0 Å². The molecule has 0 radical (unpaired) electrons. The van der Waals surface area contributed by atoms with E-state index in [0.717, 1.165) is 32.7 Å². The van der Waals surface area contributed by atoms with Gasteiger partial charge in [0.15, 0.2) is 0 Å². The van der Waals surface area contributed by atoms with Crippen LogP contribution in [0.25, 0.3) is 0 Å². The largest absolute Gasteiger partial charge is 0.465 e. The summed E-state index contributed by atoms with van der Waals surface area (Å²) in [5.41, 5.74) is -0.643. The number of carbonyl (C=O) groups is 1. The number of nitrogens with one attached hydrogen (secondary N) is 1. The topological polar surface area (TPSA) is 50.8 Å². The van der Waals surface area contributed by atoms with Gasteiger partial charge in [0.2, 0.25) is 0 Å². The van der Waals surface area contributed by atoms with Crippen molar-refractivity contribution in [2.24, 2.45) is 0 Å². The Hall–Kier alpha value is -0.650. The van der Waals surface area contributed by atoms with Gasteiger partial charge < -0.3 is 14.8 Å². The molecule has 0 aromatic heterocycles. The lowest BCUT2D eigenvalue weighted by Crippen LogP contribution is -2.60. The molecule has 0 spiro atoms. The summed E-state index contributed by atoms with van der Waals surface area (Å²) in [7, 11) is 0. The average molecular weight is 272 g/mol. The van der Waals surface area contributed by atoms with Crippen molar-refractivity contribution < 1.29 is 14.3 Å². The molecule has 2 atom stereocenters. The van der Waals surface area contributed by atoms with E-state index in [1.54, 1.807) is 0 Å². The van der Waals surface area contributed by atoms with Gasteiger partial charge in [-0.2, -0.15) is 0 Å². The minimum absolute atomic E-state index is 0.168. The number of morpholine rings is 1. The average Bonchev–Trinajstić information content (AvgIpc) is 2.40. The van der Waals surface area contributed by atoms with Crippen molar-refractivity contribution in [2.75, 3.05) is 39.5 Å². The third-order valence-corrected chi connectivity index (χ3v) is 3.63. The van der Waals surface area contributed by atoms with Crippen molar-refractivity contribution >= 4 is 5.97 Å². The third kappa shape index (κ3) is 4.44. The minimum Gasteiger partial charge on any atom is -0.465 e. The third-order valence-electron chi connectivity index (χ3n) is 3.63. The number of likely N-dealkylation sites (N-methyl/N-ethyl adjacent to an activating group) is 1. The zero-order chi connectivity index (χ0) is 14.3. The Labute approximate surface area is 116 Å². The van der Waals surface area contributed by atoms with E-state index >= 15 is 0 Å². The Bertz CT molecular complexity index is 286. The number of nitrogens with zero attached hydrogens (tertiary/aromatic N) is 1. The summed E-state index contributed by atoms with van der Waals surface area (Å²) in [6.07, 6.45) is 1.03. The Morgan fingerprint density at radius 2 is 2.21 bits per heavy atom. The highest BCUT2D eigenvalue weighted by atomic mass is 16.5. The van der Waals surface area contributed by atoms with E-state index in [1.807, 2.05) is 20.8 Å². The van der Waals surface area contributed by atoms with E-state index in [0.29, 0.717) is 19.2 Å². The van der Waals surface area contributed by atoms with E-state index < -0.39 is 5.54 Å². The predicted molar refractivity (Wildman–Crippen MR) is 75.2 cm³/mol. The molecule has 0 amide bonds. The normalized spacial score (nSPS) is 23.9. The van der Waals surface area contributed by atoms with Crippen LogP contribution in [0.3, 0.4) is 0 Å². The van der Waals surface area contributed by atoms with Gasteiger partial charge in [0.25, 0.3) is 0 Å². The molecule has 0 aliphatic carbocycles. The Morgan fingerprint density at radius 3 is 2.79 bits per heavy atom. The predicted octanol–water partition coefficient (Wildman–Crippen LogP) is 1.03. The zero-order valence-electron chi connectivity index (χ0n) is 12.7. The van der Waals surface area contributed by atoms with Crippen LogP contribution in [0.2, 0.25) is 0 Å². The maximum atomic E-state index is 12.2. The second-order valence-corrected chi connectivity index (χ2v) is 5.19. The van der Waals surface area contributed by atoms with E-state index in [1.165, 1.54) is 0 Å². The van der Waals surface area contributed by atoms with Gasteiger partial charge in [-0.25, -0.2) is 0 Å². The maximum Gasteiger partial charge on any atom is 0.327 e. The molecule has 1 saturated heterocycles. The maximum absolute atomic E-state index is 12.2. The van der Waals surface area contributed by atoms with Crippen molar-refractivity contribution in [3.8, 4) is 0 Å². The van der Waals surface area contributed by atoms with Gasteiger partial charge in [-0.3, -0.25) is 9.69 Å². The molecule has 0 aromatic rings. The van der Waals surface area contributed by atoms with Crippen molar-refractivity contribution in [1.29, 1.82) is 0 Å². The fourth-order valence-corrected chi connectivity index (χ4v) is 2.55. The molecule has 5 nitrogen and oxygen atoms in total. The number of hydrogen-bond acceptors (Lipinski definition) is 5. The molecule has 0 aromatic carbocycles. The second-order valence-electron chi connectivity index (χ2n) is 5.19. The van der Waals surface area contributed by atoms with Gasteiger partial charge in [0, 0.05) is 19.1 Å². The van der Waals surface area contributed by atoms with Crippen molar-refractivity contribution in [1.82, 2.24) is 10.2 Å². The van der Waals surface area contributed by atoms with Gasteiger partial charge in [-0.05, 0) is 26.8 Å². The first-order valence-electron chi connectivity index (χ1n) is 7.31. The molecule has 2 unspecified atom stereocenters. The van der Waals surface area contributed by atoms with Crippen LogP contribution < -0.4 is 5.32 Å². The lowest BCUT2D eigenvalue weighted by atomic mass is 9.99. The number of rotatable bonds is 7. The monoisotopic (exact) mass is 272 g/mol. The standard InChI is InChI=1S/C14H28N2O3/c1-5-12-10-18-9-8-16(12)11-14(4,15-6-2)13(17)19-7-3/h12,15H,5-11H2,1-4H3. The molecule has 5 heteroatoms. The lowest BCUT2D eigenvalue weighted by molar-refractivity contribution is -0.152. The van der Waals surface area contributed by atoms with Gasteiger partial charge in [0.05, 0.1) is 19.8 Å². The molecular weight excluding hydrogens is 244 g/mol. The van der Waals surface area contributed by atoms with Crippen LogP contribution >= 0.6 is 0 Å². The van der Waals surface area contributed by atoms with E-state index in [9.17, 15) is 4.79 Å². The van der Waals surface area contributed by atoms with E-state index in [4.69, 9.17) is 9.47 Å². The molecule has 1 aliphatic rings. The number of esters is 1. The molecular formula is C14H28N2O3. The van der Waals surface area contributed by atoms with E-state index in [-0.39, 0.29) is 5.97 Å². The van der Waals surface area contributed by atoms with Crippen LogP contribution in [0.4, 0.5) is 0 Å². The summed E-state index contributed by atoms with van der Waals surface area (Å²) in [6.45, 7) is 12.1. The fraction of sp³-hybridized carbons (Fsp3) is 0.929. The molecule has 1 aliphatic heterocycles. The number of hydrogen-bond donors (Lipinski definition) is 1. The Morgan fingerprint density at radius 1 is 1.47 bits per heavy atom. The Kier molecular flexibility index (Phi) is 6.75. The summed E-state index contributed by atoms with van der Waals surface area (Å²) in [5, 5.41) is 3.28. The number of carbonyl (C=O) groups excluding carboxylic acids is 1. The first-order valence-corrected chi connectivity index (χ1v) is 7.31. The van der Waals surface area contributed by atoms with Crippen LogP contribution in [-0.4, -0.2) is 61.9 Å². The summed E-state index contributed by atoms with van der Waals surface area (Å²) in [6, 6.07) is 0.390. The fourth-order valence-electron chi connectivity index (χ4n) is 2.55. The minimum atomic E-state index is -0.643. The highest BCUT2D eigenvalue weighted by Crippen LogP contribution is 2.16. The zero-order valence-corrected chi connectivity index (χ0v) is 12.7. The molecule has 19 heavy (non-hydrogen) atoms. The van der Waals surface area contributed by atoms with Crippen LogP contribution in [0.1, 0.15) is 34.1 Å². The number of ether oxygens (including phenoxy) is 2. The molecule has 0 bridgehead atoms. The summed E-state index contributed by atoms with van der Waals surface area (Å²) >= 11 is 0. The Balaban J connectivity index is 2.72. The van der Waals surface area contributed by atoms with Gasteiger partial charge in [-0.1, -0.05) is 13.8 Å². The van der Waals surface area contributed by atoms with Crippen LogP contribution in [0.5, 0.6) is 0 Å². The summed E-state index contributed by atoms with van der Waals surface area (Å²) in [5.74, 6) is -0.168. The first kappa shape index (κ1) is 16.4. The van der Waals surface area contributed by atoms with Crippen LogP contribution in [0.15, 0.2) is 0 Å². The summed E-state index contributed by atoms with van der Waals surface area (Å²) in [4.78, 5) is 14.5. The highest BCUT2D eigenvalue weighted by molar-refractivity contribution is 5.80. The van der Waals surface area contributed by atoms with E-state index in [2.05, 4.69) is 17.1 Å². The summed E-state index contributed by atoms with van der Waals surface area (Å²) < 4.78 is 10.7. The van der Waals surface area contributed by atoms with Crippen LogP contribution in [-0.2, 0) is 14.3 Å². The molecule has 1 rings (SSSR count). The molecule has 0 saturated carbocycles. The van der Waals surface area contributed by atoms with Gasteiger partial charge in [0.1, 0.15) is 5.54 Å². The second kappa shape index (κ2) is 7.82. The van der Waals surface area contributed by atoms with Crippen LogP contribution in [0, 0.1) is 0 Å². The van der Waals surface area contributed by atoms with Crippen molar-refractivity contribution in [3.05, 3.63) is 0 Å². The lowest BCUT2D eigenvalue weighted by Gasteiger charge is -2.40. The molecule has 112 valence electrons.